The molecule has 0 fully saturated rings. The van der Waals surface area contributed by atoms with E-state index in [1.807, 2.05) is 24.3 Å². The van der Waals surface area contributed by atoms with Crippen LogP contribution < -0.4 is 5.32 Å². The normalized spacial score (nSPS) is 9.83. The van der Waals surface area contributed by atoms with Gasteiger partial charge in [0, 0.05) is 16.4 Å². The molecule has 3 nitrogen and oxygen atoms in total. The molecular weight excluding hydrogens is 314 g/mol. The summed E-state index contributed by atoms with van der Waals surface area (Å²) in [4.78, 5) is 4.25. The third kappa shape index (κ3) is 3.22. The smallest absolute Gasteiger partial charge is 0.101 e. The number of anilines is 1. The van der Waals surface area contributed by atoms with Crippen LogP contribution in [0.25, 0.3) is 0 Å². The van der Waals surface area contributed by atoms with Crippen molar-refractivity contribution in [3.05, 3.63) is 57.3 Å². The van der Waals surface area contributed by atoms with Crippen molar-refractivity contribution in [1.29, 1.82) is 5.26 Å². The minimum Gasteiger partial charge on any atom is -0.379 e. The molecular formula is C13H9BrClN3. The molecule has 1 N–H and O–H groups in total. The van der Waals surface area contributed by atoms with Crippen molar-refractivity contribution in [1.82, 2.24) is 4.98 Å². The molecule has 0 atom stereocenters. The predicted molar refractivity (Wildman–Crippen MR) is 75.4 cm³/mol. The number of pyridine rings is 1. The molecule has 0 bridgehead atoms. The van der Waals surface area contributed by atoms with Gasteiger partial charge in [-0.3, -0.25) is 4.98 Å². The first-order chi connectivity index (χ1) is 8.69. The summed E-state index contributed by atoms with van der Waals surface area (Å²) in [7, 11) is 0. The van der Waals surface area contributed by atoms with Gasteiger partial charge in [0.25, 0.3) is 0 Å². The molecule has 0 aliphatic rings. The molecule has 0 amide bonds. The van der Waals surface area contributed by atoms with Crippen LogP contribution in [0.3, 0.4) is 0 Å². The summed E-state index contributed by atoms with van der Waals surface area (Å²) in [5.41, 5.74) is 2.23. The molecule has 2 aromatic rings. The summed E-state index contributed by atoms with van der Waals surface area (Å²) in [5.74, 6) is 0. The Hall–Kier alpha value is -1.57. The van der Waals surface area contributed by atoms with Crippen LogP contribution in [0.1, 0.15) is 11.3 Å². The topological polar surface area (TPSA) is 48.7 Å². The van der Waals surface area contributed by atoms with Gasteiger partial charge < -0.3 is 5.32 Å². The van der Waals surface area contributed by atoms with Crippen LogP contribution in [-0.2, 0) is 6.54 Å². The number of nitrogens with zero attached hydrogens (tertiary/aromatic N) is 2. The second-order valence-corrected chi connectivity index (χ2v) is 4.95. The van der Waals surface area contributed by atoms with Crippen LogP contribution in [0, 0.1) is 11.3 Å². The molecule has 0 aliphatic carbocycles. The third-order valence-electron chi connectivity index (χ3n) is 2.35. The highest BCUT2D eigenvalue weighted by Crippen LogP contribution is 2.20. The van der Waals surface area contributed by atoms with Crippen LogP contribution in [0.4, 0.5) is 5.69 Å². The summed E-state index contributed by atoms with van der Waals surface area (Å²) in [5, 5.41) is 12.5. The van der Waals surface area contributed by atoms with E-state index in [4.69, 9.17) is 16.9 Å². The molecule has 2 rings (SSSR count). The van der Waals surface area contributed by atoms with Crippen molar-refractivity contribution in [2.45, 2.75) is 6.54 Å². The van der Waals surface area contributed by atoms with E-state index in [1.165, 1.54) is 0 Å². The maximum absolute atomic E-state index is 8.88. The second-order valence-electron chi connectivity index (χ2n) is 3.63. The average Bonchev–Trinajstić information content (AvgIpc) is 2.39. The summed E-state index contributed by atoms with van der Waals surface area (Å²) in [6.45, 7) is 0.597. The Morgan fingerprint density at radius 3 is 2.83 bits per heavy atom. The first-order valence-corrected chi connectivity index (χ1v) is 6.40. The molecule has 90 valence electrons. The molecule has 1 heterocycles. The van der Waals surface area contributed by atoms with Crippen LogP contribution in [0.2, 0.25) is 5.02 Å². The third-order valence-corrected chi connectivity index (χ3v) is 3.15. The summed E-state index contributed by atoms with van der Waals surface area (Å²) < 4.78 is 0.949. The zero-order valence-corrected chi connectivity index (χ0v) is 11.7. The van der Waals surface area contributed by atoms with Crippen molar-refractivity contribution in [2.75, 3.05) is 5.32 Å². The molecule has 1 aromatic carbocycles. The molecule has 0 radical (unpaired) electrons. The van der Waals surface area contributed by atoms with Crippen molar-refractivity contribution >= 4 is 33.2 Å². The van der Waals surface area contributed by atoms with Crippen molar-refractivity contribution < 1.29 is 0 Å². The molecule has 5 heteroatoms. The van der Waals surface area contributed by atoms with Crippen molar-refractivity contribution in [3.8, 4) is 6.07 Å². The number of hydrogen-bond acceptors (Lipinski definition) is 3. The Kier molecular flexibility index (Phi) is 4.19. The summed E-state index contributed by atoms with van der Waals surface area (Å²) in [6.07, 6.45) is 1.75. The van der Waals surface area contributed by atoms with Gasteiger partial charge in [-0.2, -0.15) is 5.26 Å². The fraction of sp³-hybridized carbons (Fsp3) is 0.0769. The number of benzene rings is 1. The lowest BCUT2D eigenvalue weighted by Gasteiger charge is -2.07. The maximum Gasteiger partial charge on any atom is 0.101 e. The molecule has 0 aliphatic heterocycles. The lowest BCUT2D eigenvalue weighted by molar-refractivity contribution is 1.04. The van der Waals surface area contributed by atoms with Crippen molar-refractivity contribution in [3.63, 3.8) is 0 Å². The van der Waals surface area contributed by atoms with Crippen molar-refractivity contribution in [2.24, 2.45) is 0 Å². The number of nitriles is 1. The Bertz CT molecular complexity index is 590. The number of nitrogens with one attached hydrogen (secondary N) is 1. The van der Waals surface area contributed by atoms with Gasteiger partial charge in [-0.05, 0) is 46.3 Å². The minimum absolute atomic E-state index is 0.463. The van der Waals surface area contributed by atoms with Crippen LogP contribution in [-0.4, -0.2) is 4.98 Å². The first-order valence-electron chi connectivity index (χ1n) is 5.23. The number of halogens is 2. The molecule has 0 unspecified atom stereocenters. The van der Waals surface area contributed by atoms with Crippen LogP contribution in [0.15, 0.2) is 41.0 Å². The summed E-state index contributed by atoms with van der Waals surface area (Å²) in [6, 6.07) is 11.2. The quantitative estimate of drug-likeness (QED) is 0.930. The van der Waals surface area contributed by atoms with Gasteiger partial charge in [0.1, 0.15) is 6.07 Å². The predicted octanol–water partition coefficient (Wildman–Crippen LogP) is 3.98. The van der Waals surface area contributed by atoms with E-state index in [1.54, 1.807) is 18.3 Å². The fourth-order valence-corrected chi connectivity index (χ4v) is 1.82. The zero-order chi connectivity index (χ0) is 13.0. The van der Waals surface area contributed by atoms with Crippen LogP contribution in [0.5, 0.6) is 0 Å². The molecule has 0 saturated heterocycles. The fourth-order valence-electron chi connectivity index (χ4n) is 1.42. The first kappa shape index (κ1) is 12.9. The van der Waals surface area contributed by atoms with Gasteiger partial charge >= 0.3 is 0 Å². The highest BCUT2D eigenvalue weighted by molar-refractivity contribution is 9.10. The van der Waals surface area contributed by atoms with Gasteiger partial charge in [-0.15, -0.1) is 0 Å². The number of rotatable bonds is 3. The lowest BCUT2D eigenvalue weighted by Crippen LogP contribution is -2.01. The molecule has 18 heavy (non-hydrogen) atoms. The van der Waals surface area contributed by atoms with E-state index >= 15 is 0 Å². The lowest BCUT2D eigenvalue weighted by atomic mass is 10.2. The molecule has 0 saturated carbocycles. The molecule has 0 spiro atoms. The Labute approximate surface area is 119 Å². The maximum atomic E-state index is 8.88. The molecule has 1 aromatic heterocycles. The Morgan fingerprint density at radius 1 is 1.33 bits per heavy atom. The van der Waals surface area contributed by atoms with Crippen LogP contribution >= 0.6 is 27.5 Å². The highest BCUT2D eigenvalue weighted by atomic mass is 79.9. The van der Waals surface area contributed by atoms with Gasteiger partial charge in [-0.25, -0.2) is 0 Å². The van der Waals surface area contributed by atoms with E-state index in [9.17, 15) is 0 Å². The van der Waals surface area contributed by atoms with E-state index in [-0.39, 0.29) is 0 Å². The Balaban J connectivity index is 2.06. The average molecular weight is 323 g/mol. The minimum atomic E-state index is 0.463. The number of aromatic nitrogens is 1. The number of hydrogen-bond donors (Lipinski definition) is 1. The standard InChI is InChI=1S/C13H9BrClN3/c14-10-1-2-12(17-7-10)8-18-11-3-4-13(15)9(5-11)6-16/h1-5,7,18H,8H2. The SMILES string of the molecule is N#Cc1cc(NCc2ccc(Br)cn2)ccc1Cl. The van der Waals surface area contributed by atoms with Gasteiger partial charge in [0.05, 0.1) is 22.8 Å². The highest BCUT2D eigenvalue weighted by Gasteiger charge is 2.01. The van der Waals surface area contributed by atoms with Gasteiger partial charge in [0.2, 0.25) is 0 Å². The zero-order valence-electron chi connectivity index (χ0n) is 9.32. The largest absolute Gasteiger partial charge is 0.379 e. The van der Waals surface area contributed by atoms with E-state index < -0.39 is 0 Å². The van der Waals surface area contributed by atoms with Gasteiger partial charge in [-0.1, -0.05) is 11.6 Å². The Morgan fingerprint density at radius 2 is 2.17 bits per heavy atom. The monoisotopic (exact) mass is 321 g/mol. The van der Waals surface area contributed by atoms with E-state index in [0.717, 1.165) is 15.9 Å². The van der Waals surface area contributed by atoms with E-state index in [2.05, 4.69) is 26.2 Å². The van der Waals surface area contributed by atoms with Gasteiger partial charge in [0.15, 0.2) is 0 Å². The summed E-state index contributed by atoms with van der Waals surface area (Å²) >= 11 is 9.20. The van der Waals surface area contributed by atoms with E-state index in [0.29, 0.717) is 17.1 Å². The second kappa shape index (κ2) is 5.85.